The Morgan fingerprint density at radius 1 is 1.15 bits per heavy atom. The molecule has 0 saturated heterocycles. The van der Waals surface area contributed by atoms with E-state index in [2.05, 4.69) is 10.6 Å². The van der Waals surface area contributed by atoms with E-state index >= 15 is 0 Å². The summed E-state index contributed by atoms with van der Waals surface area (Å²) >= 11 is 0. The van der Waals surface area contributed by atoms with Gasteiger partial charge in [-0.25, -0.2) is 0 Å². The number of ketones is 2. The minimum absolute atomic E-state index is 0.147. The summed E-state index contributed by atoms with van der Waals surface area (Å²) in [6, 6.07) is 3.16. The monoisotopic (exact) mass is 559 g/mol. The van der Waals surface area contributed by atoms with Gasteiger partial charge in [0.05, 0.1) is 17.8 Å². The fourth-order valence-electron chi connectivity index (χ4n) is 6.00. The second-order valence-electron chi connectivity index (χ2n) is 10.6. The first-order chi connectivity index (χ1) is 18.8. The largest absolute Gasteiger partial charge is 0.508 e. The number of fused-ring (bicyclic) bond motifs is 3. The molecule has 13 heteroatoms. The number of phenols is 1. The van der Waals surface area contributed by atoms with Crippen molar-refractivity contribution in [3.63, 3.8) is 0 Å². The SMILES string of the molecule is C[C@@]1(O)c2cccc(O)c2C(O)=C2C(=O)[C@]3(O)C(O)=C(C(=O)NCNC(CCCCN)C(=O)O)C(=O)C[C@@H]3CC21. The fourth-order valence-corrected chi connectivity index (χ4v) is 6.00. The summed E-state index contributed by atoms with van der Waals surface area (Å²) < 4.78 is 0. The van der Waals surface area contributed by atoms with Gasteiger partial charge in [0, 0.05) is 23.8 Å². The van der Waals surface area contributed by atoms with Crippen LogP contribution in [0.15, 0.2) is 35.1 Å². The first-order valence-corrected chi connectivity index (χ1v) is 12.9. The minimum atomic E-state index is -2.77. The van der Waals surface area contributed by atoms with Gasteiger partial charge in [-0.1, -0.05) is 18.6 Å². The van der Waals surface area contributed by atoms with Crippen molar-refractivity contribution in [1.82, 2.24) is 10.6 Å². The number of Topliss-reactive ketones (excluding diaryl/α,β-unsaturated/α-hetero) is 2. The summed E-state index contributed by atoms with van der Waals surface area (Å²) in [5, 5.41) is 69.6. The van der Waals surface area contributed by atoms with Crippen LogP contribution in [0.3, 0.4) is 0 Å². The highest BCUT2D eigenvalue weighted by atomic mass is 16.4. The number of unbranched alkanes of at least 4 members (excludes halogenated alkanes) is 1. The maximum atomic E-state index is 13.7. The molecular weight excluding hydrogens is 526 g/mol. The van der Waals surface area contributed by atoms with Crippen LogP contribution in [0.25, 0.3) is 5.76 Å². The van der Waals surface area contributed by atoms with Gasteiger partial charge in [-0.15, -0.1) is 0 Å². The van der Waals surface area contributed by atoms with Gasteiger partial charge in [0.15, 0.2) is 11.4 Å². The van der Waals surface area contributed by atoms with Gasteiger partial charge in [0.1, 0.15) is 28.9 Å². The number of carbonyl (C=O) groups excluding carboxylic acids is 3. The van der Waals surface area contributed by atoms with Crippen LogP contribution in [0, 0.1) is 11.8 Å². The van der Waals surface area contributed by atoms with Crippen molar-refractivity contribution in [2.45, 2.75) is 56.3 Å². The Morgan fingerprint density at radius 3 is 2.50 bits per heavy atom. The molecule has 4 rings (SSSR count). The van der Waals surface area contributed by atoms with Gasteiger partial charge in [0.25, 0.3) is 5.91 Å². The second-order valence-corrected chi connectivity index (χ2v) is 10.6. The van der Waals surface area contributed by atoms with E-state index in [0.29, 0.717) is 19.4 Å². The lowest BCUT2D eigenvalue weighted by Crippen LogP contribution is -2.60. The lowest BCUT2D eigenvalue weighted by Gasteiger charge is -2.50. The molecule has 1 aromatic rings. The number of aromatic hydroxyl groups is 1. The molecule has 3 aliphatic rings. The van der Waals surface area contributed by atoms with Crippen molar-refractivity contribution < 1.29 is 49.8 Å². The lowest BCUT2D eigenvalue weighted by atomic mass is 9.56. The van der Waals surface area contributed by atoms with Crippen LogP contribution in [-0.4, -0.2) is 78.9 Å². The highest BCUT2D eigenvalue weighted by Crippen LogP contribution is 2.56. The van der Waals surface area contributed by atoms with Crippen LogP contribution in [0.2, 0.25) is 0 Å². The van der Waals surface area contributed by atoms with E-state index in [1.54, 1.807) is 0 Å². The highest BCUT2D eigenvalue weighted by Gasteiger charge is 2.63. The molecule has 1 amide bonds. The average molecular weight is 560 g/mol. The quantitative estimate of drug-likeness (QED) is 0.109. The van der Waals surface area contributed by atoms with Crippen LogP contribution < -0.4 is 16.4 Å². The summed E-state index contributed by atoms with van der Waals surface area (Å²) in [5.74, 6) is -8.99. The normalized spacial score (nSPS) is 28.5. The highest BCUT2D eigenvalue weighted by molar-refractivity contribution is 6.23. The third kappa shape index (κ3) is 4.54. The molecule has 5 atom stereocenters. The number of nitrogens with two attached hydrogens (primary N) is 1. The molecule has 1 fully saturated rings. The van der Waals surface area contributed by atoms with E-state index in [1.165, 1.54) is 25.1 Å². The number of carbonyl (C=O) groups is 4. The number of hydrogen-bond donors (Lipinski definition) is 9. The number of benzene rings is 1. The maximum absolute atomic E-state index is 13.7. The smallest absolute Gasteiger partial charge is 0.320 e. The van der Waals surface area contributed by atoms with Gasteiger partial charge >= 0.3 is 5.97 Å². The van der Waals surface area contributed by atoms with Crippen LogP contribution >= 0.6 is 0 Å². The van der Waals surface area contributed by atoms with Crippen molar-refractivity contribution in [3.05, 3.63) is 46.2 Å². The minimum Gasteiger partial charge on any atom is -0.508 e. The van der Waals surface area contributed by atoms with Gasteiger partial charge in [-0.3, -0.25) is 24.5 Å². The molecule has 10 N–H and O–H groups in total. The molecule has 1 saturated carbocycles. The molecular formula is C27H33N3O10. The van der Waals surface area contributed by atoms with Crippen molar-refractivity contribution >= 4 is 29.2 Å². The second kappa shape index (κ2) is 10.7. The number of carboxylic acid groups (broad SMARTS) is 1. The summed E-state index contributed by atoms with van der Waals surface area (Å²) in [7, 11) is 0. The molecule has 2 unspecified atom stereocenters. The Morgan fingerprint density at radius 2 is 1.85 bits per heavy atom. The van der Waals surface area contributed by atoms with E-state index in [1.807, 2.05) is 0 Å². The molecule has 0 aromatic heterocycles. The average Bonchev–Trinajstić information content (AvgIpc) is 2.88. The first-order valence-electron chi connectivity index (χ1n) is 12.9. The van der Waals surface area contributed by atoms with E-state index in [0.717, 1.165) is 0 Å². The molecule has 1 aromatic carbocycles. The van der Waals surface area contributed by atoms with Gasteiger partial charge in [-0.05, 0) is 44.4 Å². The van der Waals surface area contributed by atoms with E-state index in [4.69, 9.17) is 5.73 Å². The van der Waals surface area contributed by atoms with Crippen LogP contribution in [0.4, 0.5) is 0 Å². The van der Waals surface area contributed by atoms with Gasteiger partial charge < -0.3 is 41.7 Å². The van der Waals surface area contributed by atoms with E-state index < -0.39 is 94.0 Å². The Labute approximate surface area is 229 Å². The number of aliphatic hydroxyl groups is 4. The first kappa shape index (κ1) is 29.2. The van der Waals surface area contributed by atoms with E-state index in [9.17, 15) is 49.8 Å². The predicted octanol–water partition coefficient (Wildman–Crippen LogP) is -0.151. The number of amides is 1. The van der Waals surface area contributed by atoms with Crippen molar-refractivity contribution in [2.75, 3.05) is 13.2 Å². The Hall–Kier alpha value is -3.78. The number of rotatable bonds is 9. The number of aliphatic carboxylic acids is 1. The van der Waals surface area contributed by atoms with Gasteiger partial charge in [-0.2, -0.15) is 0 Å². The third-order valence-electron chi connectivity index (χ3n) is 8.19. The standard InChI is InChI=1S/C27H33N3O10/c1-26(39)13-5-4-7-16(31)18(13)21(33)19-14(26)9-12-10-17(32)20(23(35)27(12,40)22(19)34)24(36)30-11-29-15(25(37)38)6-2-3-8-28/h4-5,7,12,14-15,29,31,33,35,39-40H,2-3,6,8-11,28H2,1H3,(H,30,36)(H,37,38)/t12-,14?,15?,26+,27-/m0/s1. The Kier molecular flexibility index (Phi) is 7.78. The summed E-state index contributed by atoms with van der Waals surface area (Å²) in [4.78, 5) is 51.1. The molecule has 3 aliphatic carbocycles. The number of hydrogen-bond acceptors (Lipinski definition) is 11. The number of phenolic OH excluding ortho intramolecular Hbond substituents is 1. The molecule has 40 heavy (non-hydrogen) atoms. The van der Waals surface area contributed by atoms with Crippen LogP contribution in [0.5, 0.6) is 5.75 Å². The molecule has 0 radical (unpaired) electrons. The van der Waals surface area contributed by atoms with Crippen molar-refractivity contribution in [1.29, 1.82) is 0 Å². The maximum Gasteiger partial charge on any atom is 0.320 e. The zero-order chi connectivity index (χ0) is 29.6. The van der Waals surface area contributed by atoms with Crippen LogP contribution in [0.1, 0.15) is 50.2 Å². The van der Waals surface area contributed by atoms with Crippen molar-refractivity contribution in [3.8, 4) is 5.75 Å². The summed E-state index contributed by atoms with van der Waals surface area (Å²) in [6.45, 7) is 1.37. The van der Waals surface area contributed by atoms with Crippen molar-refractivity contribution in [2.24, 2.45) is 17.6 Å². The summed E-state index contributed by atoms with van der Waals surface area (Å²) in [6.07, 6.45) is 0.627. The van der Waals surface area contributed by atoms with Gasteiger partial charge in [0.2, 0.25) is 5.78 Å². The predicted molar refractivity (Wildman–Crippen MR) is 139 cm³/mol. The number of carboxylic acids is 1. The molecule has 216 valence electrons. The molecule has 13 nitrogen and oxygen atoms in total. The Balaban J connectivity index is 1.65. The Bertz CT molecular complexity index is 1330. The molecule has 0 aliphatic heterocycles. The van der Waals surface area contributed by atoms with E-state index in [-0.39, 0.29) is 24.0 Å². The van der Waals surface area contributed by atoms with Crippen LogP contribution in [-0.2, 0) is 24.8 Å². The zero-order valence-corrected chi connectivity index (χ0v) is 21.8. The molecule has 0 bridgehead atoms. The number of aliphatic hydroxyl groups excluding tert-OH is 2. The molecule has 0 spiro atoms. The lowest BCUT2D eigenvalue weighted by molar-refractivity contribution is -0.153. The number of nitrogens with one attached hydrogen (secondary N) is 2. The summed E-state index contributed by atoms with van der Waals surface area (Å²) in [5.41, 5.74) is -0.497. The zero-order valence-electron chi connectivity index (χ0n) is 21.8. The topological polar surface area (TPSA) is 240 Å². The molecule has 0 heterocycles. The fraction of sp³-hybridized carbons (Fsp3) is 0.481. The third-order valence-corrected chi connectivity index (χ3v) is 8.19.